The number of anilines is 1. The summed E-state index contributed by atoms with van der Waals surface area (Å²) in [6.07, 6.45) is 5.95. The highest BCUT2D eigenvalue weighted by Crippen LogP contribution is 2.33. The van der Waals surface area contributed by atoms with Gasteiger partial charge < -0.3 is 4.90 Å². The lowest BCUT2D eigenvalue weighted by molar-refractivity contribution is 0.728. The highest BCUT2D eigenvalue weighted by atomic mass is 35.5. The third-order valence-electron chi connectivity index (χ3n) is 4.16. The lowest BCUT2D eigenvalue weighted by Gasteiger charge is -2.23. The van der Waals surface area contributed by atoms with Crippen LogP contribution in [0.5, 0.6) is 0 Å². The molecule has 6 heteroatoms. The van der Waals surface area contributed by atoms with Crippen molar-refractivity contribution in [2.45, 2.75) is 33.6 Å². The molecule has 2 aromatic heterocycles. The number of halogens is 2. The molecule has 3 rings (SSSR count). The van der Waals surface area contributed by atoms with Crippen LogP contribution in [0.2, 0.25) is 10.0 Å². The maximum absolute atomic E-state index is 6.40. The Balaban J connectivity index is 2.19. The van der Waals surface area contributed by atoms with Gasteiger partial charge >= 0.3 is 0 Å². The van der Waals surface area contributed by atoms with Crippen molar-refractivity contribution in [3.05, 3.63) is 46.3 Å². The second kappa shape index (κ2) is 7.63. The summed E-state index contributed by atoms with van der Waals surface area (Å²) in [4.78, 5) is 11.7. The number of aryl methyl sites for hydroxylation is 1. The number of imidazole rings is 1. The van der Waals surface area contributed by atoms with Crippen LogP contribution in [0, 0.1) is 6.92 Å². The molecule has 0 aliphatic rings. The largest absolute Gasteiger partial charge is 0.356 e. The fourth-order valence-corrected chi connectivity index (χ4v) is 3.69. The molecule has 0 radical (unpaired) electrons. The molecule has 0 spiro atoms. The van der Waals surface area contributed by atoms with Gasteiger partial charge in [0.2, 0.25) is 0 Å². The molecule has 1 aromatic carbocycles. The van der Waals surface area contributed by atoms with E-state index in [0.717, 1.165) is 54.3 Å². The van der Waals surface area contributed by atoms with Gasteiger partial charge in [-0.15, -0.1) is 0 Å². The molecule has 0 amide bonds. The first-order chi connectivity index (χ1) is 12.1. The van der Waals surface area contributed by atoms with Gasteiger partial charge in [0.15, 0.2) is 5.65 Å². The molecular weight excluding hydrogens is 355 g/mol. The summed E-state index contributed by atoms with van der Waals surface area (Å²) in [5, 5.41) is 1.19. The Kier molecular flexibility index (Phi) is 5.50. The van der Waals surface area contributed by atoms with E-state index < -0.39 is 0 Å². The fraction of sp³-hybridized carbons (Fsp3) is 0.368. The number of rotatable bonds is 6. The van der Waals surface area contributed by atoms with E-state index >= 15 is 0 Å². The van der Waals surface area contributed by atoms with E-state index in [0.29, 0.717) is 10.0 Å². The Hall–Kier alpha value is -1.78. The van der Waals surface area contributed by atoms with Crippen LogP contribution < -0.4 is 4.90 Å². The molecule has 0 aliphatic carbocycles. The molecule has 2 heterocycles. The number of benzene rings is 1. The number of aromatic nitrogens is 3. The van der Waals surface area contributed by atoms with Gasteiger partial charge in [-0.25, -0.2) is 4.98 Å². The van der Waals surface area contributed by atoms with Crippen LogP contribution in [0.1, 0.15) is 32.4 Å². The maximum Gasteiger partial charge on any atom is 0.165 e. The van der Waals surface area contributed by atoms with Crippen molar-refractivity contribution >= 4 is 34.7 Å². The molecule has 0 unspecified atom stereocenters. The van der Waals surface area contributed by atoms with Gasteiger partial charge in [-0.05, 0) is 38.0 Å². The summed E-state index contributed by atoms with van der Waals surface area (Å²) in [6.45, 7) is 8.45. The molecule has 0 saturated carbocycles. The van der Waals surface area contributed by atoms with Gasteiger partial charge in [0.1, 0.15) is 11.5 Å². The highest BCUT2D eigenvalue weighted by Gasteiger charge is 2.19. The van der Waals surface area contributed by atoms with Crippen molar-refractivity contribution in [2.75, 3.05) is 18.0 Å². The van der Waals surface area contributed by atoms with E-state index in [9.17, 15) is 0 Å². The van der Waals surface area contributed by atoms with Crippen LogP contribution in [0.4, 0.5) is 5.82 Å². The second-order valence-electron chi connectivity index (χ2n) is 6.10. The Morgan fingerprint density at radius 2 is 1.84 bits per heavy atom. The summed E-state index contributed by atoms with van der Waals surface area (Å²) < 4.78 is 2.12. The highest BCUT2D eigenvalue weighted by molar-refractivity contribution is 6.36. The van der Waals surface area contributed by atoms with Crippen LogP contribution in [0.25, 0.3) is 16.9 Å². The van der Waals surface area contributed by atoms with Crippen LogP contribution in [-0.2, 0) is 0 Å². The summed E-state index contributed by atoms with van der Waals surface area (Å²) in [6, 6.07) is 5.46. The molecule has 0 saturated heterocycles. The van der Waals surface area contributed by atoms with Crippen LogP contribution in [-0.4, -0.2) is 27.5 Å². The molecule has 25 heavy (non-hydrogen) atoms. The fourth-order valence-electron chi connectivity index (χ4n) is 3.19. The average molecular weight is 377 g/mol. The zero-order valence-corrected chi connectivity index (χ0v) is 16.3. The summed E-state index contributed by atoms with van der Waals surface area (Å²) in [5.74, 6) is 1.13. The lowest BCUT2D eigenvalue weighted by Crippen LogP contribution is -2.26. The van der Waals surface area contributed by atoms with Crippen molar-refractivity contribution in [1.29, 1.82) is 0 Å². The molecule has 0 aliphatic heterocycles. The van der Waals surface area contributed by atoms with Gasteiger partial charge in [-0.1, -0.05) is 37.0 Å². The van der Waals surface area contributed by atoms with E-state index in [2.05, 4.69) is 28.1 Å². The van der Waals surface area contributed by atoms with Gasteiger partial charge in [-0.2, -0.15) is 0 Å². The van der Waals surface area contributed by atoms with Crippen molar-refractivity contribution < 1.29 is 0 Å². The number of hydrogen-bond donors (Lipinski definition) is 0. The second-order valence-corrected chi connectivity index (χ2v) is 6.95. The number of hydrogen-bond acceptors (Lipinski definition) is 3. The van der Waals surface area contributed by atoms with Gasteiger partial charge in [-0.3, -0.25) is 9.38 Å². The Labute approximate surface area is 158 Å². The van der Waals surface area contributed by atoms with Gasteiger partial charge in [0.25, 0.3) is 0 Å². The topological polar surface area (TPSA) is 33.4 Å². The van der Waals surface area contributed by atoms with Crippen LogP contribution >= 0.6 is 23.2 Å². The molecule has 0 bridgehead atoms. The Bertz CT molecular complexity index is 883. The minimum atomic E-state index is 0.578. The molecule has 132 valence electrons. The first-order valence-electron chi connectivity index (χ1n) is 8.60. The van der Waals surface area contributed by atoms with Crippen LogP contribution in [0.3, 0.4) is 0 Å². The summed E-state index contributed by atoms with van der Waals surface area (Å²) >= 11 is 12.4. The Morgan fingerprint density at radius 1 is 1.12 bits per heavy atom. The predicted octanol–water partition coefficient (Wildman–Crippen LogP) is 5.64. The van der Waals surface area contributed by atoms with E-state index in [1.54, 1.807) is 12.3 Å². The predicted molar refractivity (Wildman–Crippen MR) is 106 cm³/mol. The van der Waals surface area contributed by atoms with E-state index in [4.69, 9.17) is 28.2 Å². The zero-order chi connectivity index (χ0) is 18.0. The summed E-state index contributed by atoms with van der Waals surface area (Å²) in [5.41, 5.74) is 3.43. The molecule has 0 N–H and O–H groups in total. The van der Waals surface area contributed by atoms with Crippen molar-refractivity contribution in [3.8, 4) is 11.3 Å². The Morgan fingerprint density at radius 3 is 2.48 bits per heavy atom. The first kappa shape index (κ1) is 18.0. The van der Waals surface area contributed by atoms with E-state index in [-0.39, 0.29) is 0 Å². The third-order valence-corrected chi connectivity index (χ3v) is 4.71. The zero-order valence-electron chi connectivity index (χ0n) is 14.8. The molecule has 0 fully saturated rings. The molecule has 0 atom stereocenters. The minimum absolute atomic E-state index is 0.578. The monoisotopic (exact) mass is 376 g/mol. The molecular formula is C19H22Cl2N4. The van der Waals surface area contributed by atoms with E-state index in [1.807, 2.05) is 25.3 Å². The maximum atomic E-state index is 6.40. The van der Waals surface area contributed by atoms with Crippen molar-refractivity contribution in [2.24, 2.45) is 0 Å². The van der Waals surface area contributed by atoms with Crippen molar-refractivity contribution in [3.63, 3.8) is 0 Å². The van der Waals surface area contributed by atoms with Gasteiger partial charge in [0.05, 0.1) is 10.7 Å². The molecule has 4 nitrogen and oxygen atoms in total. The smallest absolute Gasteiger partial charge is 0.165 e. The van der Waals surface area contributed by atoms with Crippen molar-refractivity contribution in [1.82, 2.24) is 14.4 Å². The quantitative estimate of drug-likeness (QED) is 0.558. The summed E-state index contributed by atoms with van der Waals surface area (Å²) in [7, 11) is 0. The van der Waals surface area contributed by atoms with Crippen LogP contribution in [0.15, 0.2) is 30.6 Å². The number of fused-ring (bicyclic) bond motifs is 1. The standard InChI is InChI=1S/C19H22Cl2N4/c1-4-9-24(10-5-2)19-13(3)23-18-17(22-8-11-25(18)19)15-7-6-14(20)12-16(15)21/h6-8,11-12H,4-5,9-10H2,1-3H3. The van der Waals surface area contributed by atoms with Gasteiger partial charge in [0, 0.05) is 36.1 Å². The molecule has 3 aromatic rings. The third kappa shape index (κ3) is 3.46. The normalized spacial score (nSPS) is 11.2. The SMILES string of the molecule is CCCN(CCC)c1c(C)nc2c(-c3ccc(Cl)cc3Cl)nccn12. The number of nitrogens with zero attached hydrogens (tertiary/aromatic N) is 4. The minimum Gasteiger partial charge on any atom is -0.356 e. The first-order valence-corrected chi connectivity index (χ1v) is 9.36. The average Bonchev–Trinajstić information content (AvgIpc) is 2.91. The van der Waals surface area contributed by atoms with E-state index in [1.165, 1.54) is 0 Å². The lowest BCUT2D eigenvalue weighted by atomic mass is 10.1.